The Morgan fingerprint density at radius 1 is 1.13 bits per heavy atom. The number of barbiturate groups is 1. The molecule has 9 nitrogen and oxygen atoms in total. The second-order valence-corrected chi connectivity index (χ2v) is 6.53. The molecule has 0 bridgehead atoms. The minimum Gasteiger partial charge on any atom is -0.493 e. The van der Waals surface area contributed by atoms with Crippen LogP contribution in [0.15, 0.2) is 42.0 Å². The van der Waals surface area contributed by atoms with Gasteiger partial charge >= 0.3 is 12.0 Å². The Hall–Kier alpha value is -3.85. The number of methoxy groups -OCH3 is 1. The summed E-state index contributed by atoms with van der Waals surface area (Å²) >= 11 is 6.29. The molecular formula is C20H15ClN2O7. The SMILES string of the molecule is COc1cc(C=C2C(=O)NC(=O)NC2=O)cc(Cl)c1OCc1cccc(C(=O)O)c1. The fourth-order valence-electron chi connectivity index (χ4n) is 2.69. The second-order valence-electron chi connectivity index (χ2n) is 6.12. The van der Waals surface area contributed by atoms with E-state index in [1.165, 1.54) is 37.5 Å². The van der Waals surface area contributed by atoms with Crippen molar-refractivity contribution in [1.29, 1.82) is 0 Å². The van der Waals surface area contributed by atoms with Crippen LogP contribution in [-0.4, -0.2) is 36.0 Å². The second kappa shape index (κ2) is 8.66. The molecule has 1 heterocycles. The van der Waals surface area contributed by atoms with Crippen molar-refractivity contribution < 1.29 is 33.8 Å². The molecule has 0 atom stereocenters. The molecule has 1 aliphatic rings. The van der Waals surface area contributed by atoms with Crippen LogP contribution in [-0.2, 0) is 16.2 Å². The number of carbonyl (C=O) groups excluding carboxylic acids is 3. The molecule has 0 aromatic heterocycles. The highest BCUT2D eigenvalue weighted by Gasteiger charge is 2.28. The summed E-state index contributed by atoms with van der Waals surface area (Å²) in [6, 6.07) is 8.30. The van der Waals surface area contributed by atoms with Gasteiger partial charge in [-0.1, -0.05) is 23.7 Å². The van der Waals surface area contributed by atoms with Crippen LogP contribution in [0.1, 0.15) is 21.5 Å². The van der Waals surface area contributed by atoms with Gasteiger partial charge < -0.3 is 14.6 Å². The fourth-order valence-corrected chi connectivity index (χ4v) is 2.96. The Kier molecular flexibility index (Phi) is 6.03. The lowest BCUT2D eigenvalue weighted by Crippen LogP contribution is -2.51. The van der Waals surface area contributed by atoms with E-state index in [0.29, 0.717) is 11.1 Å². The van der Waals surface area contributed by atoms with Gasteiger partial charge in [-0.05, 0) is 41.5 Å². The highest BCUT2D eigenvalue weighted by Crippen LogP contribution is 2.37. The summed E-state index contributed by atoms with van der Waals surface area (Å²) in [6.45, 7) is 0.0323. The average Bonchev–Trinajstić information content (AvgIpc) is 2.69. The molecule has 30 heavy (non-hydrogen) atoms. The van der Waals surface area contributed by atoms with E-state index in [1.807, 2.05) is 10.6 Å². The van der Waals surface area contributed by atoms with Crippen LogP contribution in [0.2, 0.25) is 5.02 Å². The Morgan fingerprint density at radius 3 is 2.47 bits per heavy atom. The Balaban J connectivity index is 1.86. The smallest absolute Gasteiger partial charge is 0.335 e. The van der Waals surface area contributed by atoms with E-state index in [2.05, 4.69) is 0 Å². The molecule has 10 heteroatoms. The van der Waals surface area contributed by atoms with Gasteiger partial charge in [-0.3, -0.25) is 20.2 Å². The quantitative estimate of drug-likeness (QED) is 0.473. The molecule has 0 radical (unpaired) electrons. The first-order valence-electron chi connectivity index (χ1n) is 8.49. The van der Waals surface area contributed by atoms with Gasteiger partial charge in [0.15, 0.2) is 11.5 Å². The zero-order chi connectivity index (χ0) is 21.8. The molecule has 0 aliphatic carbocycles. The number of carboxylic acids is 1. The van der Waals surface area contributed by atoms with E-state index in [1.54, 1.807) is 12.1 Å². The predicted octanol–water partition coefficient (Wildman–Crippen LogP) is 2.38. The molecule has 4 amide bonds. The molecule has 1 aliphatic heterocycles. The number of urea groups is 1. The molecule has 3 N–H and O–H groups in total. The number of rotatable bonds is 6. The summed E-state index contributed by atoms with van der Waals surface area (Å²) < 4.78 is 11.0. The highest BCUT2D eigenvalue weighted by atomic mass is 35.5. The maximum absolute atomic E-state index is 11.9. The van der Waals surface area contributed by atoms with Crippen LogP contribution in [0.4, 0.5) is 4.79 Å². The maximum atomic E-state index is 11.9. The first-order valence-corrected chi connectivity index (χ1v) is 8.87. The number of carboxylic acid groups (broad SMARTS) is 1. The van der Waals surface area contributed by atoms with Gasteiger partial charge in [0.2, 0.25) is 0 Å². The Labute approximate surface area is 175 Å². The van der Waals surface area contributed by atoms with E-state index >= 15 is 0 Å². The Bertz CT molecular complexity index is 1070. The lowest BCUT2D eigenvalue weighted by atomic mass is 10.1. The van der Waals surface area contributed by atoms with Crippen molar-refractivity contribution in [2.75, 3.05) is 7.11 Å². The van der Waals surface area contributed by atoms with Crippen molar-refractivity contribution in [1.82, 2.24) is 10.6 Å². The lowest BCUT2D eigenvalue weighted by molar-refractivity contribution is -0.123. The standard InChI is InChI=1S/C20H15ClN2O7/c1-29-15-8-11(6-13-17(24)22-20(28)23-18(13)25)7-14(21)16(15)30-9-10-3-2-4-12(5-10)19(26)27/h2-8H,9H2,1H3,(H,26,27)(H2,22,23,24,25,28). The van der Waals surface area contributed by atoms with Crippen LogP contribution in [0.25, 0.3) is 6.08 Å². The normalized spacial score (nSPS) is 13.4. The van der Waals surface area contributed by atoms with Crippen molar-refractivity contribution in [3.63, 3.8) is 0 Å². The summed E-state index contributed by atoms with van der Waals surface area (Å²) in [5, 5.41) is 13.2. The number of hydrogen-bond donors (Lipinski definition) is 3. The maximum Gasteiger partial charge on any atom is 0.335 e. The first kappa shape index (κ1) is 20.9. The topological polar surface area (TPSA) is 131 Å². The van der Waals surface area contributed by atoms with Gasteiger partial charge in [0, 0.05) is 0 Å². The molecular weight excluding hydrogens is 416 g/mol. The summed E-state index contributed by atoms with van der Waals surface area (Å²) in [6.07, 6.45) is 1.26. The van der Waals surface area contributed by atoms with Gasteiger partial charge in [-0.15, -0.1) is 0 Å². The van der Waals surface area contributed by atoms with Gasteiger partial charge in [0.05, 0.1) is 17.7 Å². The number of hydrogen-bond acceptors (Lipinski definition) is 6. The third-order valence-corrected chi connectivity index (χ3v) is 4.34. The van der Waals surface area contributed by atoms with Gasteiger partial charge in [-0.2, -0.15) is 0 Å². The number of ether oxygens (including phenoxy) is 2. The van der Waals surface area contributed by atoms with E-state index < -0.39 is 23.8 Å². The highest BCUT2D eigenvalue weighted by molar-refractivity contribution is 6.33. The summed E-state index contributed by atoms with van der Waals surface area (Å²) in [7, 11) is 1.39. The third kappa shape index (κ3) is 4.58. The number of halogens is 1. The minimum atomic E-state index is -1.05. The van der Waals surface area contributed by atoms with Crippen molar-refractivity contribution in [2.24, 2.45) is 0 Å². The molecule has 1 fully saturated rings. The molecule has 1 saturated heterocycles. The molecule has 0 spiro atoms. The number of carbonyl (C=O) groups is 4. The summed E-state index contributed by atoms with van der Waals surface area (Å²) in [5.41, 5.74) is 0.830. The number of benzene rings is 2. The van der Waals surface area contributed by atoms with Crippen LogP contribution < -0.4 is 20.1 Å². The minimum absolute atomic E-state index is 0.0323. The van der Waals surface area contributed by atoms with Crippen molar-refractivity contribution >= 4 is 41.5 Å². The largest absolute Gasteiger partial charge is 0.493 e. The van der Waals surface area contributed by atoms with Crippen LogP contribution >= 0.6 is 11.6 Å². The molecule has 0 saturated carbocycles. The molecule has 2 aromatic carbocycles. The van der Waals surface area contributed by atoms with Crippen LogP contribution in [0.3, 0.4) is 0 Å². The molecule has 2 aromatic rings. The van der Waals surface area contributed by atoms with Crippen molar-refractivity contribution in [2.45, 2.75) is 6.61 Å². The van der Waals surface area contributed by atoms with E-state index in [-0.39, 0.29) is 34.3 Å². The van der Waals surface area contributed by atoms with E-state index in [4.69, 9.17) is 26.2 Å². The Morgan fingerprint density at radius 2 is 1.83 bits per heavy atom. The van der Waals surface area contributed by atoms with Crippen molar-refractivity contribution in [3.8, 4) is 11.5 Å². The van der Waals surface area contributed by atoms with Crippen LogP contribution in [0.5, 0.6) is 11.5 Å². The number of imide groups is 2. The van der Waals surface area contributed by atoms with Crippen molar-refractivity contribution in [3.05, 3.63) is 63.7 Å². The average molecular weight is 431 g/mol. The predicted molar refractivity (Wildman–Crippen MR) is 105 cm³/mol. The zero-order valence-corrected chi connectivity index (χ0v) is 16.3. The van der Waals surface area contributed by atoms with Crippen LogP contribution in [0, 0.1) is 0 Å². The molecule has 154 valence electrons. The monoisotopic (exact) mass is 430 g/mol. The number of nitrogens with one attached hydrogen (secondary N) is 2. The third-order valence-electron chi connectivity index (χ3n) is 4.06. The summed E-state index contributed by atoms with van der Waals surface area (Å²) in [4.78, 5) is 46.0. The zero-order valence-electron chi connectivity index (χ0n) is 15.5. The number of aromatic carboxylic acids is 1. The van der Waals surface area contributed by atoms with Gasteiger partial charge in [0.25, 0.3) is 11.8 Å². The van der Waals surface area contributed by atoms with Gasteiger partial charge in [-0.25, -0.2) is 9.59 Å². The summed E-state index contributed by atoms with van der Waals surface area (Å²) in [5.74, 6) is -2.29. The van der Waals surface area contributed by atoms with Gasteiger partial charge in [0.1, 0.15) is 12.2 Å². The molecule has 0 unspecified atom stereocenters. The van der Waals surface area contributed by atoms with E-state index in [0.717, 1.165) is 0 Å². The number of amides is 4. The molecule has 3 rings (SSSR count). The lowest BCUT2D eigenvalue weighted by Gasteiger charge is -2.16. The first-order chi connectivity index (χ1) is 14.3. The fraction of sp³-hybridized carbons (Fsp3) is 0.100. The van der Waals surface area contributed by atoms with E-state index in [9.17, 15) is 19.2 Å².